The van der Waals surface area contributed by atoms with E-state index in [1.807, 2.05) is 30.3 Å². The molecule has 2 aliphatic heterocycles. The normalized spacial score (nSPS) is 12.3. The highest BCUT2D eigenvalue weighted by atomic mass is 16.3. The average molecular weight is 1050 g/mol. The summed E-state index contributed by atoms with van der Waals surface area (Å²) in [6.07, 6.45) is 0. The standard InChI is InChI=1S/C75H48BN5O/c1-6-19-49(20-7-1)53-33-39-59(40-34-53)80-66-43-37-56(51-23-10-3-11-24-51)45-64(66)76-65-46-57(52-25-12-4-13-26-52)38-44-67(65)81(60-41-35-54(36-42-60)50-21-8-2-9-22-50)69-48-58(47-68(80)71(69)76)74-77-73(55-27-14-5-15-28-55)78-75(79-74)63-31-18-30-62-61-29-16-17-32-70(61)82-72(62)63/h1-48H. The van der Waals surface area contributed by atoms with Crippen LogP contribution in [0.3, 0.4) is 0 Å². The van der Waals surface area contributed by atoms with Gasteiger partial charge in [-0.25, -0.2) is 15.0 Å². The maximum absolute atomic E-state index is 6.68. The summed E-state index contributed by atoms with van der Waals surface area (Å²) in [6, 6.07) is 104. The Hall–Kier alpha value is -10.9. The molecule has 0 unspecified atom stereocenters. The molecule has 0 fully saturated rings. The lowest BCUT2D eigenvalue weighted by molar-refractivity contribution is 0.669. The van der Waals surface area contributed by atoms with E-state index in [0.29, 0.717) is 17.5 Å². The predicted octanol–water partition coefficient (Wildman–Crippen LogP) is 17.5. The van der Waals surface area contributed by atoms with Crippen LogP contribution in [-0.2, 0) is 0 Å². The Morgan fingerprint density at radius 1 is 0.280 bits per heavy atom. The van der Waals surface area contributed by atoms with Gasteiger partial charge in [-0.3, -0.25) is 0 Å². The number of furan rings is 1. The van der Waals surface area contributed by atoms with Gasteiger partial charge in [0.1, 0.15) is 11.2 Å². The molecular formula is C75H48BN5O. The molecule has 4 heterocycles. The molecule has 0 saturated carbocycles. The third kappa shape index (κ3) is 8.01. The molecule has 6 nitrogen and oxygen atoms in total. The SMILES string of the molecule is c1ccc(-c2ccc(N3c4ccc(-c5ccccc5)cc4B4c5cc(-c6ccccc6)ccc5N(c5ccc(-c6ccccc6)cc5)c5cc(-c6nc(-c7ccccc7)nc(-c7cccc8c7oc7ccccc78)n6)cc3c54)cc2)cc1. The zero-order valence-electron chi connectivity index (χ0n) is 44.4. The number of nitrogens with zero attached hydrogens (tertiary/aromatic N) is 5. The largest absolute Gasteiger partial charge is 0.455 e. The molecule has 2 aromatic heterocycles. The fourth-order valence-electron chi connectivity index (χ4n) is 12.4. The van der Waals surface area contributed by atoms with Crippen molar-refractivity contribution in [3.8, 4) is 78.7 Å². The van der Waals surface area contributed by atoms with E-state index in [1.54, 1.807) is 0 Å². The summed E-state index contributed by atoms with van der Waals surface area (Å²) in [4.78, 5) is 21.2. The first-order valence-corrected chi connectivity index (χ1v) is 27.9. The Labute approximate surface area is 475 Å². The van der Waals surface area contributed by atoms with E-state index in [0.717, 1.165) is 117 Å². The van der Waals surface area contributed by atoms with E-state index < -0.39 is 0 Å². The molecule has 16 rings (SSSR count). The number of hydrogen-bond acceptors (Lipinski definition) is 6. The van der Waals surface area contributed by atoms with E-state index >= 15 is 0 Å². The quantitative estimate of drug-likeness (QED) is 0.134. The van der Waals surface area contributed by atoms with Gasteiger partial charge < -0.3 is 14.2 Å². The van der Waals surface area contributed by atoms with E-state index in [4.69, 9.17) is 19.4 Å². The Morgan fingerprint density at radius 2 is 0.671 bits per heavy atom. The molecule has 0 bridgehead atoms. The molecule has 382 valence electrons. The summed E-state index contributed by atoms with van der Waals surface area (Å²) in [5.74, 6) is 1.64. The van der Waals surface area contributed by atoms with Gasteiger partial charge in [0.2, 0.25) is 0 Å². The fourth-order valence-corrected chi connectivity index (χ4v) is 12.4. The topological polar surface area (TPSA) is 58.3 Å². The second-order valence-electron chi connectivity index (χ2n) is 21.1. The van der Waals surface area contributed by atoms with Gasteiger partial charge >= 0.3 is 0 Å². The molecule has 2 aliphatic rings. The van der Waals surface area contributed by atoms with Crippen LogP contribution in [0.1, 0.15) is 0 Å². The van der Waals surface area contributed by atoms with Gasteiger partial charge in [0.05, 0.1) is 5.56 Å². The minimum Gasteiger partial charge on any atom is -0.455 e. The zero-order valence-corrected chi connectivity index (χ0v) is 44.4. The van der Waals surface area contributed by atoms with Crippen LogP contribution in [0.25, 0.3) is 101 Å². The summed E-state index contributed by atoms with van der Waals surface area (Å²) in [6.45, 7) is -0.185. The van der Waals surface area contributed by atoms with E-state index in [9.17, 15) is 0 Å². The summed E-state index contributed by atoms with van der Waals surface area (Å²) in [5, 5.41) is 2.05. The first kappa shape index (κ1) is 47.1. The maximum Gasteiger partial charge on any atom is 0.252 e. The smallest absolute Gasteiger partial charge is 0.252 e. The fraction of sp³-hybridized carbons (Fsp3) is 0. The van der Waals surface area contributed by atoms with E-state index in [1.165, 1.54) is 16.4 Å². The van der Waals surface area contributed by atoms with Gasteiger partial charge in [0, 0.05) is 56.0 Å². The monoisotopic (exact) mass is 1050 g/mol. The molecule has 82 heavy (non-hydrogen) atoms. The Kier molecular flexibility index (Phi) is 11.2. The number of benzene rings is 12. The number of fused-ring (bicyclic) bond motifs is 7. The van der Waals surface area contributed by atoms with Crippen molar-refractivity contribution in [2.45, 2.75) is 0 Å². The number of para-hydroxylation sites is 2. The summed E-state index contributed by atoms with van der Waals surface area (Å²) in [5.41, 5.74) is 23.3. The van der Waals surface area contributed by atoms with Crippen LogP contribution in [0.15, 0.2) is 296 Å². The lowest BCUT2D eigenvalue weighted by Gasteiger charge is -2.44. The van der Waals surface area contributed by atoms with Crippen molar-refractivity contribution >= 4 is 79.2 Å². The molecule has 0 aliphatic carbocycles. The molecule has 12 aromatic carbocycles. The highest BCUT2D eigenvalue weighted by Gasteiger charge is 2.44. The predicted molar refractivity (Wildman–Crippen MR) is 339 cm³/mol. The van der Waals surface area contributed by atoms with E-state index in [2.05, 4.69) is 271 Å². The van der Waals surface area contributed by atoms with Gasteiger partial charge in [-0.05, 0) is 122 Å². The molecule has 0 spiro atoms. The maximum atomic E-state index is 6.68. The molecule has 7 heteroatoms. The first-order chi connectivity index (χ1) is 40.6. The Morgan fingerprint density at radius 3 is 1.17 bits per heavy atom. The van der Waals surface area contributed by atoms with Gasteiger partial charge in [0.15, 0.2) is 17.5 Å². The zero-order chi connectivity index (χ0) is 54.1. The van der Waals surface area contributed by atoms with Gasteiger partial charge in [-0.15, -0.1) is 0 Å². The summed E-state index contributed by atoms with van der Waals surface area (Å²) < 4.78 is 6.68. The van der Waals surface area contributed by atoms with Crippen molar-refractivity contribution in [1.29, 1.82) is 0 Å². The molecule has 0 radical (unpaired) electrons. The summed E-state index contributed by atoms with van der Waals surface area (Å²) >= 11 is 0. The third-order valence-corrected chi connectivity index (χ3v) is 16.3. The van der Waals surface area contributed by atoms with Crippen molar-refractivity contribution in [1.82, 2.24) is 15.0 Å². The van der Waals surface area contributed by atoms with Gasteiger partial charge in [0.25, 0.3) is 6.71 Å². The second-order valence-corrected chi connectivity index (χ2v) is 21.1. The average Bonchev–Trinajstić information content (AvgIpc) is 3.20. The first-order valence-electron chi connectivity index (χ1n) is 27.9. The molecule has 0 N–H and O–H groups in total. The number of hydrogen-bond donors (Lipinski definition) is 0. The number of rotatable bonds is 9. The Bertz CT molecular complexity index is 4530. The van der Waals surface area contributed by atoms with E-state index in [-0.39, 0.29) is 6.71 Å². The van der Waals surface area contributed by atoms with Crippen LogP contribution >= 0.6 is 0 Å². The second kappa shape index (κ2) is 19.5. The molecule has 0 amide bonds. The number of aromatic nitrogens is 3. The van der Waals surface area contributed by atoms with Crippen molar-refractivity contribution in [2.75, 3.05) is 9.80 Å². The third-order valence-electron chi connectivity index (χ3n) is 16.3. The highest BCUT2D eigenvalue weighted by molar-refractivity contribution is 7.00. The van der Waals surface area contributed by atoms with Gasteiger partial charge in [-0.2, -0.15) is 0 Å². The van der Waals surface area contributed by atoms with Crippen molar-refractivity contribution in [3.05, 3.63) is 291 Å². The summed E-state index contributed by atoms with van der Waals surface area (Å²) in [7, 11) is 0. The van der Waals surface area contributed by atoms with Crippen molar-refractivity contribution in [3.63, 3.8) is 0 Å². The van der Waals surface area contributed by atoms with Crippen LogP contribution in [0, 0.1) is 0 Å². The van der Waals surface area contributed by atoms with Crippen LogP contribution in [0.4, 0.5) is 34.1 Å². The molecular weight excluding hydrogens is 998 g/mol. The molecule has 0 saturated heterocycles. The van der Waals surface area contributed by atoms with Gasteiger partial charge in [-0.1, -0.05) is 231 Å². The molecule has 14 aromatic rings. The van der Waals surface area contributed by atoms with Crippen molar-refractivity contribution < 1.29 is 4.42 Å². The van der Waals surface area contributed by atoms with Crippen LogP contribution < -0.4 is 26.2 Å². The minimum absolute atomic E-state index is 0.185. The lowest BCUT2D eigenvalue weighted by atomic mass is 9.33. The highest BCUT2D eigenvalue weighted by Crippen LogP contribution is 2.48. The number of anilines is 6. The van der Waals surface area contributed by atoms with Crippen LogP contribution in [-0.4, -0.2) is 21.7 Å². The Balaban J connectivity index is 0.995. The molecule has 0 atom stereocenters. The van der Waals surface area contributed by atoms with Crippen LogP contribution in [0.5, 0.6) is 0 Å². The van der Waals surface area contributed by atoms with Crippen molar-refractivity contribution in [2.24, 2.45) is 0 Å². The lowest BCUT2D eigenvalue weighted by Crippen LogP contribution is -2.61. The minimum atomic E-state index is -0.185. The van der Waals surface area contributed by atoms with Crippen LogP contribution in [0.2, 0.25) is 0 Å².